The number of aliphatic hydroxyl groups is 3. The van der Waals surface area contributed by atoms with E-state index in [4.69, 9.17) is 0 Å². The highest BCUT2D eigenvalue weighted by Gasteiger charge is 2.41. The number of unbranched alkanes of at least 4 members (excludes halogenated alkanes) is 3. The molecule has 2 aromatic rings. The van der Waals surface area contributed by atoms with E-state index in [1.165, 1.54) is 0 Å². The number of carbonyl (C=O) groups excluding carboxylic acids is 1. The predicted molar refractivity (Wildman–Crippen MR) is 120 cm³/mol. The van der Waals surface area contributed by atoms with E-state index in [0.29, 0.717) is 31.1 Å². The molecule has 0 aromatic heterocycles. The van der Waals surface area contributed by atoms with Gasteiger partial charge in [-0.2, -0.15) is 0 Å². The Kier molecular flexibility index (Phi) is 8.58. The molecule has 0 heterocycles. The first kappa shape index (κ1) is 23.8. The van der Waals surface area contributed by atoms with E-state index in [-0.39, 0.29) is 29.0 Å². The summed E-state index contributed by atoms with van der Waals surface area (Å²) in [7, 11) is 0. The van der Waals surface area contributed by atoms with Crippen LogP contribution in [0.25, 0.3) is 10.8 Å². The summed E-state index contributed by atoms with van der Waals surface area (Å²) < 4.78 is 14.9. The van der Waals surface area contributed by atoms with Crippen molar-refractivity contribution in [3.05, 3.63) is 47.8 Å². The van der Waals surface area contributed by atoms with Crippen LogP contribution in [0.15, 0.2) is 36.4 Å². The third-order valence-electron chi connectivity index (χ3n) is 6.86. The normalized spacial score (nSPS) is 24.5. The Morgan fingerprint density at radius 2 is 1.68 bits per heavy atom. The second-order valence-corrected chi connectivity index (χ2v) is 9.14. The molecule has 0 aliphatic heterocycles. The van der Waals surface area contributed by atoms with Gasteiger partial charge in [0.2, 0.25) is 0 Å². The van der Waals surface area contributed by atoms with Crippen molar-refractivity contribution < 1.29 is 24.5 Å². The molecule has 1 aliphatic rings. The van der Waals surface area contributed by atoms with Gasteiger partial charge in [0.1, 0.15) is 11.6 Å². The van der Waals surface area contributed by atoms with Crippen LogP contribution in [-0.4, -0.2) is 33.3 Å². The molecule has 170 valence electrons. The molecule has 5 heteroatoms. The first-order valence-electron chi connectivity index (χ1n) is 11.6. The van der Waals surface area contributed by atoms with Crippen molar-refractivity contribution >= 4 is 16.6 Å². The highest BCUT2D eigenvalue weighted by molar-refractivity contribution is 5.83. The first-order valence-corrected chi connectivity index (χ1v) is 11.6. The number of fused-ring (bicyclic) bond motifs is 1. The van der Waals surface area contributed by atoms with E-state index in [1.807, 2.05) is 18.2 Å². The van der Waals surface area contributed by atoms with Crippen LogP contribution in [0.4, 0.5) is 4.39 Å². The van der Waals surface area contributed by atoms with E-state index < -0.39 is 18.3 Å². The molecule has 0 saturated heterocycles. The van der Waals surface area contributed by atoms with Gasteiger partial charge in [0.25, 0.3) is 0 Å². The molecule has 5 atom stereocenters. The zero-order chi connectivity index (χ0) is 22.4. The molecule has 1 fully saturated rings. The summed E-state index contributed by atoms with van der Waals surface area (Å²) in [6.45, 7) is 1.61. The molecular formula is C26H35FO4. The molecule has 1 aliphatic carbocycles. The monoisotopic (exact) mass is 430 g/mol. The Morgan fingerprint density at radius 3 is 2.42 bits per heavy atom. The lowest BCUT2D eigenvalue weighted by atomic mass is 9.84. The molecular weight excluding hydrogens is 395 g/mol. The van der Waals surface area contributed by atoms with Gasteiger partial charge in [0.15, 0.2) is 0 Å². The molecule has 1 saturated carbocycles. The fourth-order valence-electron chi connectivity index (χ4n) is 5.10. The van der Waals surface area contributed by atoms with Crippen molar-refractivity contribution in [2.24, 2.45) is 11.8 Å². The minimum Gasteiger partial charge on any atom is -0.393 e. The smallest absolute Gasteiger partial charge is 0.136 e. The Hall–Kier alpha value is -1.82. The average Bonchev–Trinajstić information content (AvgIpc) is 3.01. The fraction of sp³-hybridized carbons (Fsp3) is 0.577. The number of carbonyl (C=O) groups is 1. The topological polar surface area (TPSA) is 77.8 Å². The van der Waals surface area contributed by atoms with Gasteiger partial charge in [-0.3, -0.25) is 0 Å². The lowest BCUT2D eigenvalue weighted by molar-refractivity contribution is -0.117. The molecule has 31 heavy (non-hydrogen) atoms. The highest BCUT2D eigenvalue weighted by Crippen LogP contribution is 2.40. The number of ketones is 1. The molecule has 0 bridgehead atoms. The van der Waals surface area contributed by atoms with Crippen LogP contribution >= 0.6 is 0 Å². The number of aliphatic hydroxyl groups excluding tert-OH is 3. The lowest BCUT2D eigenvalue weighted by Crippen LogP contribution is -2.23. The summed E-state index contributed by atoms with van der Waals surface area (Å²) in [4.78, 5) is 11.0. The summed E-state index contributed by atoms with van der Waals surface area (Å²) in [6, 6.07) is 10.7. The molecule has 0 spiro atoms. The first-order chi connectivity index (χ1) is 14.9. The summed E-state index contributed by atoms with van der Waals surface area (Å²) >= 11 is 0. The van der Waals surface area contributed by atoms with Gasteiger partial charge in [-0.25, -0.2) is 4.39 Å². The molecule has 0 unspecified atom stereocenters. The van der Waals surface area contributed by atoms with Crippen LogP contribution < -0.4 is 0 Å². The van der Waals surface area contributed by atoms with Crippen LogP contribution in [0.2, 0.25) is 0 Å². The number of hydrogen-bond acceptors (Lipinski definition) is 4. The maximum Gasteiger partial charge on any atom is 0.136 e. The molecule has 2 aromatic carbocycles. The molecule has 4 nitrogen and oxygen atoms in total. The third kappa shape index (κ3) is 6.12. The van der Waals surface area contributed by atoms with Gasteiger partial charge >= 0.3 is 0 Å². The highest BCUT2D eigenvalue weighted by atomic mass is 19.1. The Labute approximate surface area is 184 Å². The molecule has 0 amide bonds. The number of halogens is 1. The number of Topliss-reactive ketones (excluding diaryl/α,β-unsaturated/α-hetero) is 1. The maximum atomic E-state index is 14.9. The summed E-state index contributed by atoms with van der Waals surface area (Å²) in [6.07, 6.45) is 4.47. The van der Waals surface area contributed by atoms with Crippen molar-refractivity contribution in [3.8, 4) is 0 Å². The van der Waals surface area contributed by atoms with E-state index in [2.05, 4.69) is 0 Å². The second-order valence-electron chi connectivity index (χ2n) is 9.14. The largest absolute Gasteiger partial charge is 0.393 e. The summed E-state index contributed by atoms with van der Waals surface area (Å²) in [5.74, 6) is -0.266. The van der Waals surface area contributed by atoms with Gasteiger partial charge in [-0.15, -0.1) is 0 Å². The van der Waals surface area contributed by atoms with Crippen LogP contribution in [-0.2, 0) is 4.79 Å². The minimum atomic E-state index is -0.943. The fourth-order valence-corrected chi connectivity index (χ4v) is 5.10. The standard InChI is InChI=1S/C26H35FO4/c1-17(28)8-4-2-3-5-11-20-21(25(31)16-24(20)30)14-15-23(29)22-13-12-18-9-6-7-10-19(18)26(22)27/h6-7,9-10,12-13,20-21,23-25,29-31H,2-5,8,11,14-16H2,1H3/t20-,21-,23+,24+,25-/m1/s1. The van der Waals surface area contributed by atoms with Crippen LogP contribution in [0.1, 0.15) is 76.4 Å². The maximum absolute atomic E-state index is 14.9. The van der Waals surface area contributed by atoms with Crippen molar-refractivity contribution in [2.75, 3.05) is 0 Å². The minimum absolute atomic E-state index is 0.00328. The van der Waals surface area contributed by atoms with Crippen molar-refractivity contribution in [2.45, 2.75) is 83.0 Å². The second kappa shape index (κ2) is 11.2. The van der Waals surface area contributed by atoms with E-state index in [9.17, 15) is 24.5 Å². The zero-order valence-corrected chi connectivity index (χ0v) is 18.3. The van der Waals surface area contributed by atoms with Gasteiger partial charge in [-0.1, -0.05) is 55.7 Å². The molecule has 3 N–H and O–H groups in total. The lowest BCUT2D eigenvalue weighted by Gasteiger charge is -2.25. The quantitative estimate of drug-likeness (QED) is 0.435. The third-order valence-corrected chi connectivity index (χ3v) is 6.86. The number of hydrogen-bond donors (Lipinski definition) is 3. The zero-order valence-electron chi connectivity index (χ0n) is 18.3. The van der Waals surface area contributed by atoms with Gasteiger partial charge in [-0.05, 0) is 56.2 Å². The summed E-state index contributed by atoms with van der Waals surface area (Å²) in [5.41, 5.74) is 0.286. The Morgan fingerprint density at radius 1 is 1.00 bits per heavy atom. The average molecular weight is 431 g/mol. The Balaban J connectivity index is 1.55. The van der Waals surface area contributed by atoms with Crippen molar-refractivity contribution in [1.29, 1.82) is 0 Å². The van der Waals surface area contributed by atoms with Crippen LogP contribution in [0.3, 0.4) is 0 Å². The van der Waals surface area contributed by atoms with Crippen LogP contribution in [0, 0.1) is 17.7 Å². The summed E-state index contributed by atoms with van der Waals surface area (Å²) in [5, 5.41) is 32.8. The predicted octanol–water partition coefficient (Wildman–Crippen LogP) is 5.08. The number of benzene rings is 2. The van der Waals surface area contributed by atoms with Gasteiger partial charge in [0, 0.05) is 17.4 Å². The SMILES string of the molecule is CC(=O)CCCCCC[C@@H]1[C@@H](CC[C@H](O)c2ccc3ccccc3c2F)[C@H](O)C[C@@H]1O. The number of rotatable bonds is 11. The van der Waals surface area contributed by atoms with Gasteiger partial charge in [0.05, 0.1) is 18.3 Å². The van der Waals surface area contributed by atoms with Gasteiger partial charge < -0.3 is 20.1 Å². The Bertz CT molecular complexity index is 868. The van der Waals surface area contributed by atoms with Crippen molar-refractivity contribution in [3.63, 3.8) is 0 Å². The van der Waals surface area contributed by atoms with Crippen LogP contribution in [0.5, 0.6) is 0 Å². The van der Waals surface area contributed by atoms with E-state index in [0.717, 1.165) is 37.5 Å². The molecule has 0 radical (unpaired) electrons. The van der Waals surface area contributed by atoms with Crippen molar-refractivity contribution in [1.82, 2.24) is 0 Å². The van der Waals surface area contributed by atoms with E-state index >= 15 is 0 Å². The molecule has 3 rings (SSSR count). The van der Waals surface area contributed by atoms with E-state index in [1.54, 1.807) is 25.1 Å².